The summed E-state index contributed by atoms with van der Waals surface area (Å²) in [5.41, 5.74) is 0. The zero-order valence-electron chi connectivity index (χ0n) is 6.73. The highest BCUT2D eigenvalue weighted by atomic mass is 16.0. The Bertz CT molecular complexity index is 74.0. The van der Waals surface area contributed by atoms with Crippen LogP contribution in [0.2, 0.25) is 0 Å². The molecule has 1 heterocycles. The molecule has 0 aromatic carbocycles. The first-order valence-electron chi connectivity index (χ1n) is 3.46. The molecule has 0 saturated carbocycles. The van der Waals surface area contributed by atoms with Gasteiger partial charge >= 0.3 is 0 Å². The summed E-state index contributed by atoms with van der Waals surface area (Å²) in [5.74, 6) is 0. The first kappa shape index (κ1) is 9.84. The highest BCUT2D eigenvalue weighted by Gasteiger charge is 2.16. The van der Waals surface area contributed by atoms with Gasteiger partial charge in [0.25, 0.3) is 0 Å². The third kappa shape index (κ3) is 2.62. The molecular weight excluding hydrogens is 130 g/mol. The lowest BCUT2D eigenvalue weighted by atomic mass is 10.3. The maximum absolute atomic E-state index is 3.29. The van der Waals surface area contributed by atoms with Crippen molar-refractivity contribution in [1.29, 1.82) is 0 Å². The van der Waals surface area contributed by atoms with Gasteiger partial charge in [0.05, 0.1) is 18.5 Å². The van der Waals surface area contributed by atoms with Crippen molar-refractivity contribution in [3.63, 3.8) is 0 Å². The van der Waals surface area contributed by atoms with Crippen LogP contribution in [0.1, 0.15) is 20.8 Å². The van der Waals surface area contributed by atoms with E-state index in [0.29, 0.717) is 18.5 Å². The van der Waals surface area contributed by atoms with Gasteiger partial charge in [-0.05, 0) is 20.8 Å². The molecule has 5 N–H and O–H groups in total. The fourth-order valence-corrected chi connectivity index (χ4v) is 1.27. The van der Waals surface area contributed by atoms with E-state index in [9.17, 15) is 0 Å². The van der Waals surface area contributed by atoms with Gasteiger partial charge in [0.2, 0.25) is 0 Å². The Labute approximate surface area is 61.7 Å². The Morgan fingerprint density at radius 3 is 1.10 bits per heavy atom. The van der Waals surface area contributed by atoms with E-state index in [4.69, 9.17) is 0 Å². The van der Waals surface area contributed by atoms with Crippen molar-refractivity contribution in [2.45, 2.75) is 39.3 Å². The van der Waals surface area contributed by atoms with Crippen LogP contribution >= 0.6 is 0 Å². The van der Waals surface area contributed by atoms with E-state index in [1.165, 1.54) is 0 Å². The molecule has 1 aliphatic rings. The first-order valence-corrected chi connectivity index (χ1v) is 3.46. The second-order valence-corrected chi connectivity index (χ2v) is 2.67. The Morgan fingerprint density at radius 1 is 0.700 bits per heavy atom. The summed E-state index contributed by atoms with van der Waals surface area (Å²) in [6.45, 7) is 6.36. The molecule has 62 valence electrons. The van der Waals surface area contributed by atoms with Gasteiger partial charge in [-0.2, -0.15) is 0 Å². The maximum atomic E-state index is 3.29. The van der Waals surface area contributed by atoms with Crippen LogP contribution in [0.3, 0.4) is 0 Å². The SMILES string of the molecule is CC1NC(C)NC(C)N1.O. The minimum absolute atomic E-state index is 0. The van der Waals surface area contributed by atoms with E-state index in [2.05, 4.69) is 36.7 Å². The van der Waals surface area contributed by atoms with Crippen molar-refractivity contribution >= 4 is 0 Å². The minimum atomic E-state index is 0. The highest BCUT2D eigenvalue weighted by molar-refractivity contribution is 4.74. The maximum Gasteiger partial charge on any atom is 0.0566 e. The molecule has 0 radical (unpaired) electrons. The summed E-state index contributed by atoms with van der Waals surface area (Å²) in [5, 5.41) is 9.86. The van der Waals surface area contributed by atoms with Crippen LogP contribution in [0.15, 0.2) is 0 Å². The molecule has 0 amide bonds. The van der Waals surface area contributed by atoms with Crippen molar-refractivity contribution in [2.75, 3.05) is 0 Å². The highest BCUT2D eigenvalue weighted by Crippen LogP contribution is 1.90. The number of rotatable bonds is 0. The molecule has 0 aromatic heterocycles. The zero-order chi connectivity index (χ0) is 6.85. The Morgan fingerprint density at radius 2 is 0.900 bits per heavy atom. The lowest BCUT2D eigenvalue weighted by molar-refractivity contribution is 0.233. The lowest BCUT2D eigenvalue weighted by Gasteiger charge is -2.33. The van der Waals surface area contributed by atoms with E-state index in [1.807, 2.05) is 0 Å². The molecule has 0 bridgehead atoms. The average molecular weight is 147 g/mol. The lowest BCUT2D eigenvalue weighted by Crippen LogP contribution is -2.64. The summed E-state index contributed by atoms with van der Waals surface area (Å²) in [6.07, 6.45) is 1.28. The summed E-state index contributed by atoms with van der Waals surface area (Å²) in [7, 11) is 0. The topological polar surface area (TPSA) is 67.6 Å². The van der Waals surface area contributed by atoms with Gasteiger partial charge in [0, 0.05) is 0 Å². The monoisotopic (exact) mass is 147 g/mol. The Hall–Kier alpha value is -0.160. The molecule has 0 aliphatic carbocycles. The molecule has 1 aliphatic heterocycles. The van der Waals surface area contributed by atoms with Crippen LogP contribution in [0.25, 0.3) is 0 Å². The predicted molar refractivity (Wildman–Crippen MR) is 41.4 cm³/mol. The molecule has 0 aromatic rings. The summed E-state index contributed by atoms with van der Waals surface area (Å²) >= 11 is 0. The van der Waals surface area contributed by atoms with Crippen molar-refractivity contribution in [3.05, 3.63) is 0 Å². The minimum Gasteiger partial charge on any atom is -0.412 e. The van der Waals surface area contributed by atoms with Gasteiger partial charge < -0.3 is 5.48 Å². The number of hydrogen-bond donors (Lipinski definition) is 3. The molecule has 1 fully saturated rings. The fraction of sp³-hybridized carbons (Fsp3) is 1.00. The van der Waals surface area contributed by atoms with Gasteiger partial charge in [-0.1, -0.05) is 0 Å². The molecule has 4 nitrogen and oxygen atoms in total. The smallest absolute Gasteiger partial charge is 0.0566 e. The van der Waals surface area contributed by atoms with Crippen LogP contribution in [-0.4, -0.2) is 24.0 Å². The van der Waals surface area contributed by atoms with Gasteiger partial charge in [0.15, 0.2) is 0 Å². The summed E-state index contributed by atoms with van der Waals surface area (Å²) < 4.78 is 0. The van der Waals surface area contributed by atoms with Crippen LogP contribution in [-0.2, 0) is 0 Å². The fourth-order valence-electron chi connectivity index (χ4n) is 1.27. The van der Waals surface area contributed by atoms with E-state index in [-0.39, 0.29) is 5.48 Å². The van der Waals surface area contributed by atoms with Crippen LogP contribution in [0, 0.1) is 0 Å². The summed E-state index contributed by atoms with van der Waals surface area (Å²) in [6, 6.07) is 0. The molecule has 1 rings (SSSR count). The second-order valence-electron chi connectivity index (χ2n) is 2.67. The summed E-state index contributed by atoms with van der Waals surface area (Å²) in [4.78, 5) is 0. The molecule has 0 unspecified atom stereocenters. The Balaban J connectivity index is 0.000000810. The second kappa shape index (κ2) is 3.88. The van der Waals surface area contributed by atoms with Crippen molar-refractivity contribution in [1.82, 2.24) is 16.0 Å². The first-order chi connectivity index (χ1) is 4.18. The van der Waals surface area contributed by atoms with Gasteiger partial charge in [-0.3, -0.25) is 16.0 Å². The largest absolute Gasteiger partial charge is 0.412 e. The molecule has 4 heteroatoms. The molecule has 0 spiro atoms. The van der Waals surface area contributed by atoms with E-state index in [1.54, 1.807) is 0 Å². The van der Waals surface area contributed by atoms with Gasteiger partial charge in [-0.25, -0.2) is 0 Å². The normalized spacial score (nSPS) is 40.5. The predicted octanol–water partition coefficient (Wildman–Crippen LogP) is -1.02. The molecule has 10 heavy (non-hydrogen) atoms. The molecular formula is C6H17N3O. The van der Waals surface area contributed by atoms with Crippen molar-refractivity contribution in [2.24, 2.45) is 0 Å². The van der Waals surface area contributed by atoms with Gasteiger partial charge in [-0.15, -0.1) is 0 Å². The zero-order valence-corrected chi connectivity index (χ0v) is 6.73. The average Bonchev–Trinajstić information content (AvgIpc) is 1.59. The van der Waals surface area contributed by atoms with Crippen LogP contribution < -0.4 is 16.0 Å². The Kier molecular flexibility index (Phi) is 3.81. The third-order valence-corrected chi connectivity index (χ3v) is 1.50. The standard InChI is InChI=1S/C6H15N3.H2O/c1-4-7-5(2)9-6(3)8-4;/h4-9H,1-3H3;1H2. The van der Waals surface area contributed by atoms with Gasteiger partial charge in [0.1, 0.15) is 0 Å². The molecule has 1 saturated heterocycles. The van der Waals surface area contributed by atoms with E-state index >= 15 is 0 Å². The quantitative estimate of drug-likeness (QED) is 0.411. The third-order valence-electron chi connectivity index (χ3n) is 1.50. The molecule has 0 atom stereocenters. The van der Waals surface area contributed by atoms with E-state index in [0.717, 1.165) is 0 Å². The van der Waals surface area contributed by atoms with Crippen LogP contribution in [0.5, 0.6) is 0 Å². The van der Waals surface area contributed by atoms with Crippen molar-refractivity contribution < 1.29 is 5.48 Å². The van der Waals surface area contributed by atoms with E-state index < -0.39 is 0 Å². The number of nitrogens with one attached hydrogen (secondary N) is 3. The van der Waals surface area contributed by atoms with Crippen LogP contribution in [0.4, 0.5) is 0 Å². The number of hydrogen-bond acceptors (Lipinski definition) is 3. The van der Waals surface area contributed by atoms with Crippen molar-refractivity contribution in [3.8, 4) is 0 Å².